The van der Waals surface area contributed by atoms with Crippen molar-refractivity contribution >= 4 is 22.9 Å². The molecule has 2 aliphatic rings. The molecule has 1 aromatic carbocycles. The highest BCUT2D eigenvalue weighted by Gasteiger charge is 2.44. The van der Waals surface area contributed by atoms with Gasteiger partial charge in [0.2, 0.25) is 17.8 Å². The van der Waals surface area contributed by atoms with E-state index in [9.17, 15) is 13.2 Å². The Labute approximate surface area is 175 Å². The fraction of sp³-hybridized carbons (Fsp3) is 0.474. The lowest BCUT2D eigenvalue weighted by molar-refractivity contribution is -0.221. The van der Waals surface area contributed by atoms with Crippen LogP contribution in [-0.4, -0.2) is 82.8 Å². The van der Waals surface area contributed by atoms with Gasteiger partial charge in [0.1, 0.15) is 6.33 Å². The molecule has 0 N–H and O–H groups in total. The number of morpholine rings is 2. The molecule has 12 heteroatoms. The van der Waals surface area contributed by atoms with Gasteiger partial charge in [0.25, 0.3) is 0 Å². The molecule has 1 atom stereocenters. The average molecular weight is 435 g/mol. The van der Waals surface area contributed by atoms with E-state index < -0.39 is 12.3 Å². The third-order valence-corrected chi connectivity index (χ3v) is 5.28. The number of fused-ring (bicyclic) bond motifs is 1. The lowest BCUT2D eigenvalue weighted by Gasteiger charge is -2.34. The second-order valence-corrected chi connectivity index (χ2v) is 7.29. The largest absolute Gasteiger partial charge is 0.416 e. The SMILES string of the molecule is FC(F)(F)C1CN(c2nc(N3CCOCC3)nc(-n3cnc4ccccc43)n2)CCO1. The van der Waals surface area contributed by atoms with E-state index in [-0.39, 0.29) is 25.6 Å². The van der Waals surface area contributed by atoms with Crippen molar-refractivity contribution in [2.75, 3.05) is 55.8 Å². The highest BCUT2D eigenvalue weighted by atomic mass is 19.4. The van der Waals surface area contributed by atoms with E-state index in [1.54, 1.807) is 10.9 Å². The number of halogens is 3. The van der Waals surface area contributed by atoms with Crippen LogP contribution in [0.5, 0.6) is 0 Å². The molecule has 2 saturated heterocycles. The second-order valence-electron chi connectivity index (χ2n) is 7.29. The van der Waals surface area contributed by atoms with Crippen LogP contribution >= 0.6 is 0 Å². The van der Waals surface area contributed by atoms with E-state index in [2.05, 4.69) is 19.9 Å². The Balaban J connectivity index is 1.56. The molecule has 0 saturated carbocycles. The summed E-state index contributed by atoms with van der Waals surface area (Å²) in [6.07, 6.45) is -4.74. The fourth-order valence-corrected chi connectivity index (χ4v) is 3.64. The molecule has 5 rings (SSSR count). The molecule has 164 valence electrons. The van der Waals surface area contributed by atoms with Crippen molar-refractivity contribution in [1.29, 1.82) is 0 Å². The Bertz CT molecular complexity index is 1070. The molecule has 0 amide bonds. The zero-order valence-electron chi connectivity index (χ0n) is 16.5. The number of rotatable bonds is 3. The monoisotopic (exact) mass is 435 g/mol. The van der Waals surface area contributed by atoms with Crippen LogP contribution in [0.2, 0.25) is 0 Å². The Morgan fingerprint density at radius 1 is 0.871 bits per heavy atom. The molecule has 3 aromatic rings. The van der Waals surface area contributed by atoms with Crippen LogP contribution in [0, 0.1) is 0 Å². The molecule has 1 unspecified atom stereocenters. The zero-order chi connectivity index (χ0) is 21.4. The van der Waals surface area contributed by atoms with Gasteiger partial charge < -0.3 is 19.3 Å². The van der Waals surface area contributed by atoms with Crippen molar-refractivity contribution < 1.29 is 22.6 Å². The van der Waals surface area contributed by atoms with E-state index in [1.165, 1.54) is 4.90 Å². The Kier molecular flexibility index (Phi) is 5.10. The molecule has 0 bridgehead atoms. The number of hydrogen-bond acceptors (Lipinski definition) is 8. The third-order valence-electron chi connectivity index (χ3n) is 5.28. The minimum absolute atomic E-state index is 0.0634. The van der Waals surface area contributed by atoms with Gasteiger partial charge in [-0.2, -0.15) is 28.1 Å². The van der Waals surface area contributed by atoms with Gasteiger partial charge in [-0.1, -0.05) is 12.1 Å². The summed E-state index contributed by atoms with van der Waals surface area (Å²) < 4.78 is 51.7. The van der Waals surface area contributed by atoms with E-state index >= 15 is 0 Å². The number of alkyl halides is 3. The molecule has 2 aliphatic heterocycles. The fourth-order valence-electron chi connectivity index (χ4n) is 3.64. The summed E-state index contributed by atoms with van der Waals surface area (Å²) >= 11 is 0. The zero-order valence-corrected chi connectivity index (χ0v) is 16.5. The van der Waals surface area contributed by atoms with Crippen molar-refractivity contribution in [3.63, 3.8) is 0 Å². The molecule has 31 heavy (non-hydrogen) atoms. The first kappa shape index (κ1) is 19.9. The van der Waals surface area contributed by atoms with Crippen LogP contribution in [0.25, 0.3) is 17.0 Å². The predicted molar refractivity (Wildman–Crippen MR) is 105 cm³/mol. The lowest BCUT2D eigenvalue weighted by Crippen LogP contribution is -2.50. The average Bonchev–Trinajstić information content (AvgIpc) is 3.23. The molecule has 4 heterocycles. The molecular weight excluding hydrogens is 415 g/mol. The number of ether oxygens (including phenoxy) is 2. The summed E-state index contributed by atoms with van der Waals surface area (Å²) in [4.78, 5) is 21.4. The Morgan fingerprint density at radius 2 is 1.55 bits per heavy atom. The van der Waals surface area contributed by atoms with Crippen LogP contribution in [-0.2, 0) is 9.47 Å². The van der Waals surface area contributed by atoms with E-state index in [0.717, 1.165) is 11.0 Å². The van der Waals surface area contributed by atoms with Gasteiger partial charge in [0.05, 0.1) is 37.4 Å². The van der Waals surface area contributed by atoms with Crippen molar-refractivity contribution in [2.24, 2.45) is 0 Å². The van der Waals surface area contributed by atoms with Crippen molar-refractivity contribution in [3.8, 4) is 5.95 Å². The van der Waals surface area contributed by atoms with Crippen molar-refractivity contribution in [1.82, 2.24) is 24.5 Å². The minimum atomic E-state index is -4.46. The van der Waals surface area contributed by atoms with Gasteiger partial charge in [0.15, 0.2) is 6.10 Å². The van der Waals surface area contributed by atoms with Crippen LogP contribution < -0.4 is 9.80 Å². The summed E-state index contributed by atoms with van der Waals surface area (Å²) in [6.45, 7) is 2.04. The minimum Gasteiger partial charge on any atom is -0.378 e. The number of imidazole rings is 1. The summed E-state index contributed by atoms with van der Waals surface area (Å²) in [5.41, 5.74) is 1.56. The van der Waals surface area contributed by atoms with Crippen LogP contribution in [0.15, 0.2) is 30.6 Å². The number of anilines is 2. The van der Waals surface area contributed by atoms with E-state index in [4.69, 9.17) is 9.47 Å². The quantitative estimate of drug-likeness (QED) is 0.616. The number of para-hydroxylation sites is 2. The third kappa shape index (κ3) is 4.00. The smallest absolute Gasteiger partial charge is 0.378 e. The summed E-state index contributed by atoms with van der Waals surface area (Å²) in [6, 6.07) is 7.51. The molecule has 2 aromatic heterocycles. The first-order valence-electron chi connectivity index (χ1n) is 9.93. The summed E-state index contributed by atoms with van der Waals surface area (Å²) in [5, 5.41) is 0. The Morgan fingerprint density at radius 3 is 2.32 bits per heavy atom. The van der Waals surface area contributed by atoms with Crippen LogP contribution in [0.4, 0.5) is 25.1 Å². The number of aromatic nitrogens is 5. The normalized spacial score (nSPS) is 20.4. The number of hydrogen-bond donors (Lipinski definition) is 0. The molecule has 0 radical (unpaired) electrons. The molecule has 0 aliphatic carbocycles. The van der Waals surface area contributed by atoms with Crippen LogP contribution in [0.1, 0.15) is 0 Å². The predicted octanol–water partition coefficient (Wildman–Crippen LogP) is 1.81. The molecule has 2 fully saturated rings. The maximum Gasteiger partial charge on any atom is 0.416 e. The van der Waals surface area contributed by atoms with Gasteiger partial charge in [-0.15, -0.1) is 0 Å². The molecule has 0 spiro atoms. The Hall–Kier alpha value is -2.99. The summed E-state index contributed by atoms with van der Waals surface area (Å²) in [7, 11) is 0. The van der Waals surface area contributed by atoms with Gasteiger partial charge >= 0.3 is 6.18 Å². The van der Waals surface area contributed by atoms with Crippen molar-refractivity contribution in [2.45, 2.75) is 12.3 Å². The molecular formula is C19H20F3N7O2. The first-order valence-corrected chi connectivity index (χ1v) is 9.93. The maximum absolute atomic E-state index is 13.2. The standard InChI is InChI=1S/C19H20F3N7O2/c20-19(21,22)15-11-28(7-10-31-15)17-24-16(27-5-8-30-9-6-27)25-18(26-17)29-12-23-13-3-1-2-4-14(13)29/h1-4,12,15H,5-11H2. The summed E-state index contributed by atoms with van der Waals surface area (Å²) in [5.74, 6) is 0.883. The van der Waals surface area contributed by atoms with Gasteiger partial charge in [-0.05, 0) is 12.1 Å². The number of benzene rings is 1. The topological polar surface area (TPSA) is 81.4 Å². The van der Waals surface area contributed by atoms with Gasteiger partial charge in [0, 0.05) is 19.6 Å². The first-order chi connectivity index (χ1) is 15.0. The van der Waals surface area contributed by atoms with Crippen molar-refractivity contribution in [3.05, 3.63) is 30.6 Å². The molecule has 9 nitrogen and oxygen atoms in total. The van der Waals surface area contributed by atoms with E-state index in [1.807, 2.05) is 29.2 Å². The lowest BCUT2D eigenvalue weighted by atomic mass is 10.3. The van der Waals surface area contributed by atoms with Gasteiger partial charge in [-0.3, -0.25) is 4.57 Å². The maximum atomic E-state index is 13.2. The van der Waals surface area contributed by atoms with E-state index in [0.29, 0.717) is 38.2 Å². The number of nitrogens with zero attached hydrogens (tertiary/aromatic N) is 7. The van der Waals surface area contributed by atoms with Crippen LogP contribution in [0.3, 0.4) is 0 Å². The highest BCUT2D eigenvalue weighted by molar-refractivity contribution is 5.76. The highest BCUT2D eigenvalue weighted by Crippen LogP contribution is 2.28. The van der Waals surface area contributed by atoms with Gasteiger partial charge in [-0.25, -0.2) is 4.98 Å². The second kappa shape index (κ2) is 7.93.